The first kappa shape index (κ1) is 35.3. The lowest BCUT2D eigenvalue weighted by Crippen LogP contribution is -2.55. The number of carbonyl (C=O) groups is 2. The van der Waals surface area contributed by atoms with E-state index in [-0.39, 0.29) is 41.2 Å². The molecule has 4 aromatic carbocycles. The summed E-state index contributed by atoms with van der Waals surface area (Å²) in [5, 5.41) is 3.95. The van der Waals surface area contributed by atoms with Crippen LogP contribution in [0.15, 0.2) is 108 Å². The second-order valence-electron chi connectivity index (χ2n) is 11.8. The van der Waals surface area contributed by atoms with Crippen molar-refractivity contribution >= 4 is 50.7 Å². The Hall–Kier alpha value is -4.05. The van der Waals surface area contributed by atoms with Crippen LogP contribution in [-0.4, -0.2) is 50.9 Å². The van der Waals surface area contributed by atoms with Crippen molar-refractivity contribution in [2.45, 2.75) is 62.0 Å². The van der Waals surface area contributed by atoms with E-state index in [1.54, 1.807) is 60.7 Å². The zero-order valence-electron chi connectivity index (χ0n) is 26.7. The quantitative estimate of drug-likeness (QED) is 0.158. The zero-order chi connectivity index (χ0) is 34.1. The van der Waals surface area contributed by atoms with Gasteiger partial charge in [0.15, 0.2) is 0 Å². The van der Waals surface area contributed by atoms with Gasteiger partial charge in [-0.25, -0.2) is 8.42 Å². The molecule has 8 nitrogen and oxygen atoms in total. The first-order valence-corrected chi connectivity index (χ1v) is 18.2. The zero-order valence-corrected chi connectivity index (χ0v) is 29.1. The number of methoxy groups -OCH3 is 1. The molecule has 0 unspecified atom stereocenters. The fourth-order valence-corrected chi connectivity index (χ4v) is 7.91. The molecule has 1 atom stereocenters. The van der Waals surface area contributed by atoms with E-state index < -0.39 is 28.5 Å². The highest BCUT2D eigenvalue weighted by Gasteiger charge is 2.36. The molecule has 0 aliphatic heterocycles. The van der Waals surface area contributed by atoms with Crippen molar-refractivity contribution in [3.05, 3.63) is 124 Å². The third kappa shape index (κ3) is 8.69. The molecule has 1 aliphatic rings. The molecule has 1 fully saturated rings. The van der Waals surface area contributed by atoms with Crippen LogP contribution in [0.5, 0.6) is 5.75 Å². The third-order valence-corrected chi connectivity index (χ3v) is 10.9. The van der Waals surface area contributed by atoms with Crippen LogP contribution in [0.25, 0.3) is 0 Å². The number of nitrogens with zero attached hydrogens (tertiary/aromatic N) is 2. The van der Waals surface area contributed by atoms with E-state index in [0.29, 0.717) is 15.6 Å². The van der Waals surface area contributed by atoms with Crippen LogP contribution < -0.4 is 14.4 Å². The van der Waals surface area contributed by atoms with E-state index >= 15 is 0 Å². The summed E-state index contributed by atoms with van der Waals surface area (Å²) in [6, 6.07) is 27.9. The van der Waals surface area contributed by atoms with E-state index in [0.717, 1.165) is 42.0 Å². The Morgan fingerprint density at radius 1 is 0.875 bits per heavy atom. The summed E-state index contributed by atoms with van der Waals surface area (Å²) >= 11 is 12.8. The fourth-order valence-electron chi connectivity index (χ4n) is 6.00. The Bertz CT molecular complexity index is 1800. The van der Waals surface area contributed by atoms with Crippen LogP contribution in [0.1, 0.15) is 43.2 Å². The van der Waals surface area contributed by atoms with Crippen molar-refractivity contribution in [3.8, 4) is 5.75 Å². The number of rotatable bonds is 13. The number of para-hydroxylation sites is 2. The van der Waals surface area contributed by atoms with Crippen LogP contribution in [0.3, 0.4) is 0 Å². The second-order valence-corrected chi connectivity index (χ2v) is 14.5. The van der Waals surface area contributed by atoms with Gasteiger partial charge in [0.1, 0.15) is 18.3 Å². The molecule has 0 bridgehead atoms. The minimum atomic E-state index is -4.27. The Kier molecular flexibility index (Phi) is 12.0. The highest BCUT2D eigenvalue weighted by atomic mass is 35.5. The van der Waals surface area contributed by atoms with Gasteiger partial charge in [-0.15, -0.1) is 0 Å². The molecule has 2 amide bonds. The number of hydrogen-bond donors (Lipinski definition) is 1. The van der Waals surface area contributed by atoms with Gasteiger partial charge in [0, 0.05) is 29.1 Å². The van der Waals surface area contributed by atoms with Gasteiger partial charge >= 0.3 is 0 Å². The maximum absolute atomic E-state index is 14.7. The SMILES string of the molecule is COc1ccccc1N(CC(=O)N(Cc1ccc(Cl)cc1Cl)[C@@H](Cc1ccccc1)C(=O)NC1CCCCC1)S(=O)(=O)c1ccccc1. The topological polar surface area (TPSA) is 96.0 Å². The molecule has 1 aliphatic carbocycles. The first-order valence-electron chi connectivity index (χ1n) is 16.0. The monoisotopic (exact) mass is 707 g/mol. The molecule has 5 rings (SSSR count). The summed E-state index contributed by atoms with van der Waals surface area (Å²) in [5.74, 6) is -0.627. The van der Waals surface area contributed by atoms with Crippen LogP contribution in [0.2, 0.25) is 10.0 Å². The van der Waals surface area contributed by atoms with Crippen LogP contribution in [0, 0.1) is 0 Å². The van der Waals surface area contributed by atoms with E-state index in [4.69, 9.17) is 27.9 Å². The summed E-state index contributed by atoms with van der Waals surface area (Å²) in [6.45, 7) is -0.666. The van der Waals surface area contributed by atoms with Crippen LogP contribution in [-0.2, 0) is 32.6 Å². The summed E-state index contributed by atoms with van der Waals surface area (Å²) in [7, 11) is -2.83. The molecule has 0 aromatic heterocycles. The fraction of sp³-hybridized carbons (Fsp3) is 0.297. The minimum Gasteiger partial charge on any atom is -0.495 e. The van der Waals surface area contributed by atoms with E-state index in [2.05, 4.69) is 5.32 Å². The van der Waals surface area contributed by atoms with Crippen LogP contribution in [0.4, 0.5) is 5.69 Å². The van der Waals surface area contributed by atoms with Crippen LogP contribution >= 0.6 is 23.2 Å². The molecular formula is C37H39Cl2N3O5S. The predicted octanol–water partition coefficient (Wildman–Crippen LogP) is 7.29. The number of halogens is 2. The Balaban J connectivity index is 1.59. The van der Waals surface area contributed by atoms with Crippen molar-refractivity contribution in [2.24, 2.45) is 0 Å². The Morgan fingerprint density at radius 3 is 2.19 bits per heavy atom. The molecule has 4 aromatic rings. The van der Waals surface area contributed by atoms with Crippen molar-refractivity contribution in [2.75, 3.05) is 18.0 Å². The molecule has 1 N–H and O–H groups in total. The minimum absolute atomic E-state index is 0.00637. The molecule has 1 saturated carbocycles. The highest BCUT2D eigenvalue weighted by molar-refractivity contribution is 7.92. The van der Waals surface area contributed by atoms with Crippen molar-refractivity contribution < 1.29 is 22.7 Å². The smallest absolute Gasteiger partial charge is 0.264 e. The molecule has 0 spiro atoms. The number of amides is 2. The van der Waals surface area contributed by atoms with Gasteiger partial charge in [0.25, 0.3) is 10.0 Å². The maximum Gasteiger partial charge on any atom is 0.264 e. The van der Waals surface area contributed by atoms with Gasteiger partial charge in [-0.1, -0.05) is 109 Å². The first-order chi connectivity index (χ1) is 23.2. The van der Waals surface area contributed by atoms with Gasteiger partial charge in [0.2, 0.25) is 11.8 Å². The molecule has 48 heavy (non-hydrogen) atoms. The lowest BCUT2D eigenvalue weighted by Gasteiger charge is -2.35. The third-order valence-electron chi connectivity index (χ3n) is 8.54. The predicted molar refractivity (Wildman–Crippen MR) is 190 cm³/mol. The number of sulfonamides is 1. The molecule has 252 valence electrons. The summed E-state index contributed by atoms with van der Waals surface area (Å²) in [6.07, 6.45) is 5.07. The van der Waals surface area contributed by atoms with Gasteiger partial charge in [-0.2, -0.15) is 0 Å². The van der Waals surface area contributed by atoms with Gasteiger partial charge in [0.05, 0.1) is 17.7 Å². The Labute approximate surface area is 292 Å². The lowest BCUT2D eigenvalue weighted by atomic mass is 9.94. The molecule has 0 heterocycles. The van der Waals surface area contributed by atoms with Gasteiger partial charge in [-0.05, 0) is 60.4 Å². The molecular weight excluding hydrogens is 669 g/mol. The average molecular weight is 709 g/mol. The average Bonchev–Trinajstić information content (AvgIpc) is 3.10. The number of anilines is 1. The standard InChI is InChI=1S/C37H39Cl2N3O5S/c1-47-35-20-12-11-19-33(35)42(48(45,46)31-17-9-4-10-18-31)26-36(43)41(25-28-21-22-29(38)24-32(28)39)34(23-27-13-5-2-6-14-27)37(44)40-30-15-7-3-8-16-30/h2,4-6,9-14,17-22,24,30,34H,3,7-8,15-16,23,25-26H2,1H3,(H,40,44)/t34-/m0/s1. The van der Waals surface area contributed by atoms with Gasteiger partial charge < -0.3 is 15.0 Å². The maximum atomic E-state index is 14.7. The van der Waals surface area contributed by atoms with Crippen molar-refractivity contribution in [1.29, 1.82) is 0 Å². The van der Waals surface area contributed by atoms with Crippen molar-refractivity contribution in [1.82, 2.24) is 10.2 Å². The normalized spacial score (nSPS) is 14.1. The summed E-state index contributed by atoms with van der Waals surface area (Å²) in [5.41, 5.74) is 1.60. The van der Waals surface area contributed by atoms with E-state index in [1.165, 1.54) is 24.1 Å². The lowest BCUT2D eigenvalue weighted by molar-refractivity contribution is -0.140. The molecule has 0 saturated heterocycles. The summed E-state index contributed by atoms with van der Waals surface area (Å²) < 4.78 is 35.1. The van der Waals surface area contributed by atoms with E-state index in [1.807, 2.05) is 30.3 Å². The second kappa shape index (κ2) is 16.4. The number of nitrogens with one attached hydrogen (secondary N) is 1. The Morgan fingerprint density at radius 2 is 1.52 bits per heavy atom. The number of carbonyl (C=O) groups excluding carboxylic acids is 2. The van der Waals surface area contributed by atoms with Gasteiger partial charge in [-0.3, -0.25) is 13.9 Å². The highest BCUT2D eigenvalue weighted by Crippen LogP contribution is 2.33. The van der Waals surface area contributed by atoms with Crippen molar-refractivity contribution in [3.63, 3.8) is 0 Å². The summed E-state index contributed by atoms with van der Waals surface area (Å²) in [4.78, 5) is 30.4. The molecule has 11 heteroatoms. The number of hydrogen-bond acceptors (Lipinski definition) is 5. The number of ether oxygens (including phenoxy) is 1. The molecule has 0 radical (unpaired) electrons. The number of benzene rings is 4. The largest absolute Gasteiger partial charge is 0.495 e. The van der Waals surface area contributed by atoms with E-state index in [9.17, 15) is 18.0 Å².